The molecule has 0 aliphatic heterocycles. The van der Waals surface area contributed by atoms with Crippen molar-refractivity contribution in [1.82, 2.24) is 20.8 Å². The maximum Gasteiger partial charge on any atom is 0.271 e. The van der Waals surface area contributed by atoms with E-state index < -0.39 is 5.91 Å². The topological polar surface area (TPSA) is 84.0 Å². The van der Waals surface area contributed by atoms with Gasteiger partial charge >= 0.3 is 0 Å². The SMILES string of the molecule is CC(C)Cc1cc(C(=O)NNC(=O)c2cccnc2Cc2ccccc2)ccn1. The minimum atomic E-state index is -0.408. The molecule has 0 saturated heterocycles. The minimum Gasteiger partial charge on any atom is -0.267 e. The summed E-state index contributed by atoms with van der Waals surface area (Å²) in [5, 5.41) is 0. The van der Waals surface area contributed by atoms with Gasteiger partial charge in [-0.3, -0.25) is 30.4 Å². The van der Waals surface area contributed by atoms with Crippen LogP contribution in [-0.4, -0.2) is 21.8 Å². The van der Waals surface area contributed by atoms with E-state index in [1.807, 2.05) is 30.3 Å². The van der Waals surface area contributed by atoms with Crippen LogP contribution in [0.3, 0.4) is 0 Å². The number of carbonyl (C=O) groups excluding carboxylic acids is 2. The van der Waals surface area contributed by atoms with Crippen molar-refractivity contribution in [2.24, 2.45) is 5.92 Å². The highest BCUT2D eigenvalue weighted by atomic mass is 16.2. The average Bonchev–Trinajstić information content (AvgIpc) is 2.72. The number of aromatic nitrogens is 2. The van der Waals surface area contributed by atoms with Gasteiger partial charge in [-0.15, -0.1) is 0 Å². The van der Waals surface area contributed by atoms with E-state index in [9.17, 15) is 9.59 Å². The molecule has 0 aliphatic rings. The monoisotopic (exact) mass is 388 g/mol. The van der Waals surface area contributed by atoms with Crippen LogP contribution in [-0.2, 0) is 12.8 Å². The fourth-order valence-corrected chi connectivity index (χ4v) is 2.98. The van der Waals surface area contributed by atoms with Gasteiger partial charge < -0.3 is 0 Å². The number of rotatable bonds is 6. The van der Waals surface area contributed by atoms with E-state index in [0.717, 1.165) is 17.7 Å². The summed E-state index contributed by atoms with van der Waals surface area (Å²) in [6.45, 7) is 4.19. The molecule has 6 heteroatoms. The Morgan fingerprint density at radius 2 is 1.66 bits per heavy atom. The van der Waals surface area contributed by atoms with Gasteiger partial charge in [-0.1, -0.05) is 44.2 Å². The molecule has 3 rings (SSSR count). The Bertz CT molecular complexity index is 987. The second-order valence-corrected chi connectivity index (χ2v) is 7.20. The molecular formula is C23H24N4O2. The van der Waals surface area contributed by atoms with Gasteiger partial charge in [0.2, 0.25) is 0 Å². The highest BCUT2D eigenvalue weighted by molar-refractivity contribution is 5.99. The molecule has 0 unspecified atom stereocenters. The van der Waals surface area contributed by atoms with Gasteiger partial charge in [-0.25, -0.2) is 0 Å². The molecule has 0 fully saturated rings. The summed E-state index contributed by atoms with van der Waals surface area (Å²) in [6, 6.07) is 16.6. The van der Waals surface area contributed by atoms with Crippen molar-refractivity contribution in [2.75, 3.05) is 0 Å². The standard InChI is InChI=1S/C23H24N4O2/c1-16(2)13-19-15-18(10-12-24-19)22(28)26-27-23(29)20-9-6-11-25-21(20)14-17-7-4-3-5-8-17/h3-12,15-16H,13-14H2,1-2H3,(H,26,28)(H,27,29). The first kappa shape index (κ1) is 20.2. The number of nitrogens with one attached hydrogen (secondary N) is 2. The molecule has 2 aromatic heterocycles. The molecular weight excluding hydrogens is 364 g/mol. The first-order valence-corrected chi connectivity index (χ1v) is 9.56. The Labute approximate surface area is 170 Å². The molecule has 0 atom stereocenters. The zero-order valence-electron chi connectivity index (χ0n) is 16.6. The molecule has 0 aliphatic carbocycles. The van der Waals surface area contributed by atoms with E-state index >= 15 is 0 Å². The summed E-state index contributed by atoms with van der Waals surface area (Å²) in [4.78, 5) is 33.7. The third-order valence-electron chi connectivity index (χ3n) is 4.33. The lowest BCUT2D eigenvalue weighted by molar-refractivity contribution is 0.0846. The molecule has 3 aromatic rings. The number of hydrazine groups is 1. The molecule has 148 valence electrons. The van der Waals surface area contributed by atoms with Crippen molar-refractivity contribution in [1.29, 1.82) is 0 Å². The second-order valence-electron chi connectivity index (χ2n) is 7.20. The van der Waals surface area contributed by atoms with Crippen LogP contribution >= 0.6 is 0 Å². The lowest BCUT2D eigenvalue weighted by atomic mass is 10.0. The Balaban J connectivity index is 1.66. The largest absolute Gasteiger partial charge is 0.271 e. The highest BCUT2D eigenvalue weighted by Crippen LogP contribution is 2.12. The van der Waals surface area contributed by atoms with Gasteiger partial charge in [0, 0.05) is 30.1 Å². The van der Waals surface area contributed by atoms with Crippen molar-refractivity contribution in [2.45, 2.75) is 26.7 Å². The number of benzene rings is 1. The molecule has 2 N–H and O–H groups in total. The summed E-state index contributed by atoms with van der Waals surface area (Å²) in [6.07, 6.45) is 4.57. The van der Waals surface area contributed by atoms with Gasteiger partial charge in [-0.2, -0.15) is 0 Å². The van der Waals surface area contributed by atoms with Crippen molar-refractivity contribution in [3.63, 3.8) is 0 Å². The number of hydrogen-bond acceptors (Lipinski definition) is 4. The van der Waals surface area contributed by atoms with Crippen LogP contribution in [0.4, 0.5) is 0 Å². The van der Waals surface area contributed by atoms with Crippen LogP contribution in [0.25, 0.3) is 0 Å². The van der Waals surface area contributed by atoms with E-state index in [1.165, 1.54) is 0 Å². The quantitative estimate of drug-likeness (QED) is 0.635. The van der Waals surface area contributed by atoms with Gasteiger partial charge in [0.25, 0.3) is 11.8 Å². The second kappa shape index (κ2) is 9.59. The van der Waals surface area contributed by atoms with Gasteiger partial charge in [-0.05, 0) is 42.2 Å². The Morgan fingerprint density at radius 1 is 0.897 bits per heavy atom. The number of hydrogen-bond donors (Lipinski definition) is 2. The lowest BCUT2D eigenvalue weighted by Gasteiger charge is -2.11. The van der Waals surface area contributed by atoms with Gasteiger partial charge in [0.15, 0.2) is 0 Å². The molecule has 0 saturated carbocycles. The lowest BCUT2D eigenvalue weighted by Crippen LogP contribution is -2.42. The Kier molecular flexibility index (Phi) is 6.68. The number of pyridine rings is 2. The van der Waals surface area contributed by atoms with Crippen LogP contribution in [0.2, 0.25) is 0 Å². The van der Waals surface area contributed by atoms with Crippen LogP contribution in [0.1, 0.15) is 51.5 Å². The molecule has 29 heavy (non-hydrogen) atoms. The third-order valence-corrected chi connectivity index (χ3v) is 4.33. The smallest absolute Gasteiger partial charge is 0.267 e. The third kappa shape index (κ3) is 5.72. The predicted octanol–water partition coefficient (Wildman–Crippen LogP) is 3.34. The molecule has 0 spiro atoms. The Hall–Kier alpha value is -3.54. The van der Waals surface area contributed by atoms with Crippen LogP contribution in [0, 0.1) is 5.92 Å². The van der Waals surface area contributed by atoms with Crippen molar-refractivity contribution in [3.05, 3.63) is 95.1 Å². The zero-order chi connectivity index (χ0) is 20.6. The number of nitrogens with zero attached hydrogens (tertiary/aromatic N) is 2. The average molecular weight is 388 g/mol. The van der Waals surface area contributed by atoms with Crippen molar-refractivity contribution < 1.29 is 9.59 Å². The van der Waals surface area contributed by atoms with Crippen molar-refractivity contribution in [3.8, 4) is 0 Å². The summed E-state index contributed by atoms with van der Waals surface area (Å²) < 4.78 is 0. The normalized spacial score (nSPS) is 10.6. The summed E-state index contributed by atoms with van der Waals surface area (Å²) in [5.74, 6) is -0.359. The first-order valence-electron chi connectivity index (χ1n) is 9.56. The van der Waals surface area contributed by atoms with Crippen LogP contribution in [0.5, 0.6) is 0 Å². The fourth-order valence-electron chi connectivity index (χ4n) is 2.98. The summed E-state index contributed by atoms with van der Waals surface area (Å²) >= 11 is 0. The van der Waals surface area contributed by atoms with Crippen LogP contribution in [0.15, 0.2) is 67.0 Å². The number of carbonyl (C=O) groups is 2. The molecule has 0 radical (unpaired) electrons. The highest BCUT2D eigenvalue weighted by Gasteiger charge is 2.14. The zero-order valence-corrected chi connectivity index (χ0v) is 16.6. The first-order chi connectivity index (χ1) is 14.0. The van der Waals surface area contributed by atoms with E-state index in [1.54, 1.807) is 36.7 Å². The van der Waals surface area contributed by atoms with E-state index in [4.69, 9.17) is 0 Å². The fraction of sp³-hybridized carbons (Fsp3) is 0.217. The summed E-state index contributed by atoms with van der Waals surface area (Å²) in [7, 11) is 0. The van der Waals surface area contributed by atoms with Crippen molar-refractivity contribution >= 4 is 11.8 Å². The van der Waals surface area contributed by atoms with Crippen LogP contribution < -0.4 is 10.9 Å². The summed E-state index contributed by atoms with van der Waals surface area (Å²) in [5.41, 5.74) is 8.38. The number of amides is 2. The molecule has 0 bridgehead atoms. The minimum absolute atomic E-state index is 0.390. The molecule has 6 nitrogen and oxygen atoms in total. The Morgan fingerprint density at radius 3 is 2.41 bits per heavy atom. The predicted molar refractivity (Wildman–Crippen MR) is 111 cm³/mol. The molecule has 1 aromatic carbocycles. The van der Waals surface area contributed by atoms with E-state index in [0.29, 0.717) is 29.2 Å². The maximum absolute atomic E-state index is 12.6. The molecule has 2 heterocycles. The van der Waals surface area contributed by atoms with E-state index in [2.05, 4.69) is 34.7 Å². The van der Waals surface area contributed by atoms with E-state index in [-0.39, 0.29) is 5.91 Å². The molecule has 2 amide bonds. The maximum atomic E-state index is 12.6. The van der Waals surface area contributed by atoms with Gasteiger partial charge in [0.05, 0.1) is 11.3 Å². The van der Waals surface area contributed by atoms with Gasteiger partial charge in [0.1, 0.15) is 0 Å².